The van der Waals surface area contributed by atoms with E-state index < -0.39 is 0 Å². The molecule has 0 aromatic carbocycles. The molecule has 1 saturated carbocycles. The molecule has 0 amide bonds. The van der Waals surface area contributed by atoms with Gasteiger partial charge in [0.2, 0.25) is 5.88 Å². The average Bonchev–Trinajstić information content (AvgIpc) is 3.14. The second-order valence-corrected chi connectivity index (χ2v) is 6.11. The molecule has 2 aromatic rings. The second-order valence-electron chi connectivity index (χ2n) is 6.11. The fourth-order valence-corrected chi connectivity index (χ4v) is 3.11. The summed E-state index contributed by atoms with van der Waals surface area (Å²) < 4.78 is 5.05. The van der Waals surface area contributed by atoms with E-state index in [9.17, 15) is 5.11 Å². The lowest BCUT2D eigenvalue weighted by Crippen LogP contribution is -2.27. The summed E-state index contributed by atoms with van der Waals surface area (Å²) in [6, 6.07) is 3.84. The summed E-state index contributed by atoms with van der Waals surface area (Å²) in [5, 5.41) is 20.8. The molecule has 124 valence electrons. The van der Waals surface area contributed by atoms with Crippen LogP contribution in [0.3, 0.4) is 0 Å². The minimum absolute atomic E-state index is 0.227. The number of pyridine rings is 1. The van der Waals surface area contributed by atoms with Crippen LogP contribution in [0.5, 0.6) is 5.88 Å². The van der Waals surface area contributed by atoms with Crippen molar-refractivity contribution in [2.24, 2.45) is 5.92 Å². The molecule has 1 fully saturated rings. The van der Waals surface area contributed by atoms with Gasteiger partial charge in [-0.2, -0.15) is 5.10 Å². The number of aliphatic hydroxyl groups is 1. The van der Waals surface area contributed by atoms with Crippen molar-refractivity contribution in [1.29, 1.82) is 0 Å². The summed E-state index contributed by atoms with van der Waals surface area (Å²) in [5.41, 5.74) is 1.10. The highest BCUT2D eigenvalue weighted by atomic mass is 16.5. The van der Waals surface area contributed by atoms with E-state index in [1.807, 2.05) is 19.1 Å². The quantitative estimate of drug-likeness (QED) is 0.740. The first-order valence-corrected chi connectivity index (χ1v) is 7.92. The van der Waals surface area contributed by atoms with Gasteiger partial charge in [0.05, 0.1) is 13.2 Å². The lowest BCUT2D eigenvalue weighted by molar-refractivity contribution is 0.131. The van der Waals surface area contributed by atoms with E-state index in [2.05, 4.69) is 25.5 Å². The van der Waals surface area contributed by atoms with Gasteiger partial charge in [-0.05, 0) is 31.2 Å². The van der Waals surface area contributed by atoms with Gasteiger partial charge in [0.1, 0.15) is 5.82 Å². The summed E-state index contributed by atoms with van der Waals surface area (Å²) in [5.74, 6) is 2.73. The molecular formula is C16H23N5O2. The Morgan fingerprint density at radius 2 is 2.26 bits per heavy atom. The SMILES string of the molecule is COc1ccc(CNC[C@H]2C[C@H](c3n[nH]c(C)n3)C[C@H]2O)cn1. The largest absolute Gasteiger partial charge is 0.481 e. The Labute approximate surface area is 135 Å². The van der Waals surface area contributed by atoms with Crippen molar-refractivity contribution in [3.8, 4) is 5.88 Å². The first-order chi connectivity index (χ1) is 11.2. The Bertz CT molecular complexity index is 628. The molecule has 2 aromatic heterocycles. The Morgan fingerprint density at radius 1 is 1.39 bits per heavy atom. The summed E-state index contributed by atoms with van der Waals surface area (Å²) >= 11 is 0. The topological polar surface area (TPSA) is 96.0 Å². The first kappa shape index (κ1) is 15.9. The molecule has 0 radical (unpaired) electrons. The van der Waals surface area contributed by atoms with Crippen molar-refractivity contribution in [3.63, 3.8) is 0 Å². The molecule has 1 aliphatic carbocycles. The van der Waals surface area contributed by atoms with Gasteiger partial charge in [-0.15, -0.1) is 0 Å². The van der Waals surface area contributed by atoms with Crippen LogP contribution >= 0.6 is 0 Å². The van der Waals surface area contributed by atoms with Gasteiger partial charge in [-0.1, -0.05) is 6.07 Å². The zero-order chi connectivity index (χ0) is 16.2. The number of nitrogens with one attached hydrogen (secondary N) is 2. The third-order valence-corrected chi connectivity index (χ3v) is 4.38. The molecule has 2 heterocycles. The van der Waals surface area contributed by atoms with Gasteiger partial charge in [-0.3, -0.25) is 5.10 Å². The standard InChI is InChI=1S/C16H23N5O2/c1-10-19-16(21-20-10)12-5-13(14(22)6-12)9-17-7-11-3-4-15(23-2)18-8-11/h3-4,8,12-14,17,22H,5-7,9H2,1-2H3,(H,19,20,21)/t12-,13+,14+/m0/s1. The van der Waals surface area contributed by atoms with Crippen LogP contribution < -0.4 is 10.1 Å². The molecule has 0 bridgehead atoms. The number of aryl methyl sites for hydroxylation is 1. The van der Waals surface area contributed by atoms with E-state index in [0.29, 0.717) is 5.88 Å². The molecule has 0 spiro atoms. The van der Waals surface area contributed by atoms with Crippen LogP contribution in [-0.4, -0.2) is 45.0 Å². The van der Waals surface area contributed by atoms with E-state index in [0.717, 1.165) is 43.1 Å². The molecular weight excluding hydrogens is 294 g/mol. The maximum atomic E-state index is 10.3. The number of hydrogen-bond donors (Lipinski definition) is 3. The molecule has 3 N–H and O–H groups in total. The first-order valence-electron chi connectivity index (χ1n) is 7.92. The Hall–Kier alpha value is -1.99. The van der Waals surface area contributed by atoms with Crippen molar-refractivity contribution >= 4 is 0 Å². The van der Waals surface area contributed by atoms with Crippen molar-refractivity contribution in [3.05, 3.63) is 35.5 Å². The minimum Gasteiger partial charge on any atom is -0.481 e. The van der Waals surface area contributed by atoms with Crippen molar-refractivity contribution < 1.29 is 9.84 Å². The molecule has 0 saturated heterocycles. The minimum atomic E-state index is -0.305. The Morgan fingerprint density at radius 3 is 2.91 bits per heavy atom. The number of methoxy groups -OCH3 is 1. The molecule has 0 unspecified atom stereocenters. The van der Waals surface area contributed by atoms with E-state index in [1.54, 1.807) is 13.3 Å². The number of aliphatic hydroxyl groups excluding tert-OH is 1. The van der Waals surface area contributed by atoms with Crippen LogP contribution in [-0.2, 0) is 6.54 Å². The maximum Gasteiger partial charge on any atom is 0.212 e. The van der Waals surface area contributed by atoms with E-state index in [1.165, 1.54) is 0 Å². The summed E-state index contributed by atoms with van der Waals surface area (Å²) in [7, 11) is 1.61. The predicted molar refractivity (Wildman–Crippen MR) is 85.1 cm³/mol. The molecule has 3 rings (SSSR count). The second kappa shape index (κ2) is 7.06. The third kappa shape index (κ3) is 3.86. The van der Waals surface area contributed by atoms with Crippen LogP contribution in [0.25, 0.3) is 0 Å². The number of aromatic amines is 1. The number of nitrogens with zero attached hydrogens (tertiary/aromatic N) is 3. The molecule has 7 nitrogen and oxygen atoms in total. The zero-order valence-corrected chi connectivity index (χ0v) is 13.5. The van der Waals surface area contributed by atoms with Crippen molar-refractivity contribution in [2.45, 2.75) is 38.3 Å². The number of hydrogen-bond acceptors (Lipinski definition) is 6. The molecule has 23 heavy (non-hydrogen) atoms. The molecule has 0 aliphatic heterocycles. The van der Waals surface area contributed by atoms with Crippen LogP contribution in [0.1, 0.15) is 36.0 Å². The fraction of sp³-hybridized carbons (Fsp3) is 0.562. The van der Waals surface area contributed by atoms with E-state index in [4.69, 9.17) is 4.74 Å². The Kier molecular flexibility index (Phi) is 4.88. The van der Waals surface area contributed by atoms with Gasteiger partial charge in [0.15, 0.2) is 5.82 Å². The summed E-state index contributed by atoms with van der Waals surface area (Å²) in [6.07, 6.45) is 3.14. The summed E-state index contributed by atoms with van der Waals surface area (Å²) in [4.78, 5) is 8.57. The van der Waals surface area contributed by atoms with Gasteiger partial charge in [0.25, 0.3) is 0 Å². The van der Waals surface area contributed by atoms with E-state index in [-0.39, 0.29) is 17.9 Å². The average molecular weight is 317 g/mol. The van der Waals surface area contributed by atoms with Gasteiger partial charge < -0.3 is 15.2 Å². The monoisotopic (exact) mass is 317 g/mol. The van der Waals surface area contributed by atoms with Crippen molar-refractivity contribution in [2.75, 3.05) is 13.7 Å². The lowest BCUT2D eigenvalue weighted by atomic mass is 10.0. The maximum absolute atomic E-state index is 10.3. The smallest absolute Gasteiger partial charge is 0.212 e. The normalized spacial score (nSPS) is 24.0. The number of H-pyrrole nitrogens is 1. The number of aromatic nitrogens is 4. The highest BCUT2D eigenvalue weighted by molar-refractivity contribution is 5.17. The van der Waals surface area contributed by atoms with Crippen LogP contribution in [0, 0.1) is 12.8 Å². The fourth-order valence-electron chi connectivity index (χ4n) is 3.11. The van der Waals surface area contributed by atoms with Crippen LogP contribution in [0.15, 0.2) is 18.3 Å². The van der Waals surface area contributed by atoms with Gasteiger partial charge in [-0.25, -0.2) is 9.97 Å². The summed E-state index contributed by atoms with van der Waals surface area (Å²) in [6.45, 7) is 3.39. The predicted octanol–water partition coefficient (Wildman–Crippen LogP) is 1.16. The van der Waals surface area contributed by atoms with Gasteiger partial charge in [0, 0.05) is 31.3 Å². The zero-order valence-electron chi connectivity index (χ0n) is 13.5. The van der Waals surface area contributed by atoms with Gasteiger partial charge >= 0.3 is 0 Å². The number of rotatable bonds is 6. The molecule has 3 atom stereocenters. The van der Waals surface area contributed by atoms with E-state index >= 15 is 0 Å². The molecule has 1 aliphatic rings. The van der Waals surface area contributed by atoms with Crippen LogP contribution in [0.2, 0.25) is 0 Å². The highest BCUT2D eigenvalue weighted by Crippen LogP contribution is 2.36. The lowest BCUT2D eigenvalue weighted by Gasteiger charge is -2.15. The third-order valence-electron chi connectivity index (χ3n) is 4.38. The highest BCUT2D eigenvalue weighted by Gasteiger charge is 2.35. The number of ether oxygens (including phenoxy) is 1. The Balaban J connectivity index is 1.48. The molecule has 7 heteroatoms. The van der Waals surface area contributed by atoms with Crippen LogP contribution in [0.4, 0.5) is 0 Å². The van der Waals surface area contributed by atoms with Crippen molar-refractivity contribution in [1.82, 2.24) is 25.5 Å².